The molecule has 1 fully saturated rings. The van der Waals surface area contributed by atoms with Gasteiger partial charge in [-0.05, 0) is 20.3 Å². The molecule has 0 amide bonds. The molecule has 4 nitrogen and oxygen atoms in total. The molecule has 1 aliphatic rings. The average molecular weight is 230 g/mol. The predicted octanol–water partition coefficient (Wildman–Crippen LogP) is 1.07. The molecule has 94 valence electrons. The second-order valence-corrected chi connectivity index (χ2v) is 4.77. The van der Waals surface area contributed by atoms with Crippen LogP contribution in [0.25, 0.3) is 0 Å². The summed E-state index contributed by atoms with van der Waals surface area (Å²) < 4.78 is 11.3. The Hall–Kier alpha value is -0.420. The molecular weight excluding hydrogens is 208 g/mol. The molecule has 0 radical (unpaired) electrons. The van der Waals surface area contributed by atoms with Crippen LogP contribution in [0.5, 0.6) is 0 Å². The van der Waals surface area contributed by atoms with Gasteiger partial charge in [-0.15, -0.1) is 6.58 Å². The zero-order valence-corrected chi connectivity index (χ0v) is 10.2. The van der Waals surface area contributed by atoms with Gasteiger partial charge in [0.05, 0.1) is 18.8 Å². The van der Waals surface area contributed by atoms with Gasteiger partial charge in [0.1, 0.15) is 6.10 Å². The van der Waals surface area contributed by atoms with Crippen molar-refractivity contribution in [1.82, 2.24) is 0 Å². The molecule has 1 rings (SSSR count). The number of hydrogen-bond acceptors (Lipinski definition) is 4. The largest absolute Gasteiger partial charge is 0.394 e. The fourth-order valence-corrected chi connectivity index (χ4v) is 2.05. The molecule has 0 aromatic rings. The van der Waals surface area contributed by atoms with Crippen molar-refractivity contribution in [1.29, 1.82) is 0 Å². The van der Waals surface area contributed by atoms with Gasteiger partial charge in [-0.1, -0.05) is 13.0 Å². The van der Waals surface area contributed by atoms with Crippen LogP contribution in [0.2, 0.25) is 0 Å². The van der Waals surface area contributed by atoms with Crippen LogP contribution in [-0.2, 0) is 9.47 Å². The first-order valence-electron chi connectivity index (χ1n) is 5.66. The van der Waals surface area contributed by atoms with E-state index in [1.807, 2.05) is 20.8 Å². The molecule has 16 heavy (non-hydrogen) atoms. The zero-order valence-electron chi connectivity index (χ0n) is 10.2. The van der Waals surface area contributed by atoms with Crippen LogP contribution in [0, 0.1) is 5.92 Å². The van der Waals surface area contributed by atoms with E-state index in [1.165, 1.54) is 0 Å². The van der Waals surface area contributed by atoms with E-state index in [-0.39, 0.29) is 24.7 Å². The highest BCUT2D eigenvalue weighted by Gasteiger charge is 2.44. The Bertz CT molecular complexity index is 239. The lowest BCUT2D eigenvalue weighted by atomic mass is 9.92. The first kappa shape index (κ1) is 13.6. The molecule has 0 bridgehead atoms. The molecule has 1 saturated heterocycles. The topological polar surface area (TPSA) is 58.9 Å². The lowest BCUT2D eigenvalue weighted by molar-refractivity contribution is -0.155. The predicted molar refractivity (Wildman–Crippen MR) is 60.9 cm³/mol. The molecule has 0 saturated carbocycles. The molecule has 4 heteroatoms. The Labute approximate surface area is 96.9 Å². The summed E-state index contributed by atoms with van der Waals surface area (Å²) in [7, 11) is 0. The maximum atomic E-state index is 9.87. The van der Waals surface area contributed by atoms with Gasteiger partial charge >= 0.3 is 0 Å². The first-order chi connectivity index (χ1) is 7.41. The van der Waals surface area contributed by atoms with Crippen LogP contribution in [0.4, 0.5) is 0 Å². The van der Waals surface area contributed by atoms with Crippen molar-refractivity contribution in [3.05, 3.63) is 12.7 Å². The summed E-state index contributed by atoms with van der Waals surface area (Å²) in [6.07, 6.45) is 1.02. The van der Waals surface area contributed by atoms with Gasteiger partial charge < -0.3 is 19.7 Å². The SMILES string of the molecule is C=CC[C@H](O)[C@H](C)[C@H]1OC(C)(C)O[C@H]1CO. The van der Waals surface area contributed by atoms with Crippen molar-refractivity contribution in [2.24, 2.45) is 5.92 Å². The third-order valence-electron chi connectivity index (χ3n) is 2.93. The van der Waals surface area contributed by atoms with Gasteiger partial charge in [-0.25, -0.2) is 0 Å². The number of aliphatic hydroxyl groups is 2. The third kappa shape index (κ3) is 3.04. The van der Waals surface area contributed by atoms with E-state index in [4.69, 9.17) is 9.47 Å². The Morgan fingerprint density at radius 1 is 1.44 bits per heavy atom. The fourth-order valence-electron chi connectivity index (χ4n) is 2.05. The molecule has 0 unspecified atom stereocenters. The lowest BCUT2D eigenvalue weighted by Gasteiger charge is -2.26. The van der Waals surface area contributed by atoms with Gasteiger partial charge in [0.15, 0.2) is 5.79 Å². The summed E-state index contributed by atoms with van der Waals surface area (Å²) in [6, 6.07) is 0. The Balaban J connectivity index is 2.67. The smallest absolute Gasteiger partial charge is 0.163 e. The third-order valence-corrected chi connectivity index (χ3v) is 2.93. The number of rotatable bonds is 5. The summed E-state index contributed by atoms with van der Waals surface area (Å²) in [5.74, 6) is -0.794. The monoisotopic (exact) mass is 230 g/mol. The van der Waals surface area contributed by atoms with Crippen LogP contribution in [0.1, 0.15) is 27.2 Å². The van der Waals surface area contributed by atoms with Gasteiger partial charge in [0.25, 0.3) is 0 Å². The average Bonchev–Trinajstić information content (AvgIpc) is 2.53. The second-order valence-electron chi connectivity index (χ2n) is 4.77. The second kappa shape index (κ2) is 5.27. The highest BCUT2D eigenvalue weighted by molar-refractivity contribution is 4.89. The van der Waals surface area contributed by atoms with Crippen molar-refractivity contribution in [2.45, 2.75) is 51.3 Å². The van der Waals surface area contributed by atoms with E-state index >= 15 is 0 Å². The summed E-state index contributed by atoms with van der Waals surface area (Å²) in [4.78, 5) is 0. The number of hydrogen-bond donors (Lipinski definition) is 2. The maximum absolute atomic E-state index is 9.87. The molecule has 0 aromatic carbocycles. The normalized spacial score (nSPS) is 32.3. The minimum Gasteiger partial charge on any atom is -0.394 e. The molecule has 4 atom stereocenters. The van der Waals surface area contributed by atoms with E-state index in [9.17, 15) is 10.2 Å². The Morgan fingerprint density at radius 3 is 2.56 bits per heavy atom. The summed E-state index contributed by atoms with van der Waals surface area (Å²) in [5, 5.41) is 19.1. The van der Waals surface area contributed by atoms with Crippen LogP contribution in [-0.4, -0.2) is 40.9 Å². The van der Waals surface area contributed by atoms with Crippen molar-refractivity contribution in [3.8, 4) is 0 Å². The van der Waals surface area contributed by atoms with Crippen molar-refractivity contribution >= 4 is 0 Å². The van der Waals surface area contributed by atoms with Gasteiger partial charge in [-0.2, -0.15) is 0 Å². The van der Waals surface area contributed by atoms with Crippen LogP contribution in [0.3, 0.4) is 0 Å². The zero-order chi connectivity index (χ0) is 12.3. The standard InChI is InChI=1S/C12H22O4/c1-5-6-9(14)8(2)11-10(7-13)15-12(3,4)16-11/h5,8-11,13-14H,1,6-7H2,2-4H3/t8-,9-,10-,11+/m0/s1. The molecule has 0 spiro atoms. The van der Waals surface area contributed by atoms with Crippen molar-refractivity contribution < 1.29 is 19.7 Å². The summed E-state index contributed by atoms with van der Waals surface area (Å²) in [5.41, 5.74) is 0. The highest BCUT2D eigenvalue weighted by Crippen LogP contribution is 2.33. The van der Waals surface area contributed by atoms with E-state index in [0.717, 1.165) is 0 Å². The quantitative estimate of drug-likeness (QED) is 0.694. The number of ether oxygens (including phenoxy) is 2. The van der Waals surface area contributed by atoms with Crippen LogP contribution < -0.4 is 0 Å². The Morgan fingerprint density at radius 2 is 2.06 bits per heavy atom. The first-order valence-corrected chi connectivity index (χ1v) is 5.66. The molecular formula is C12H22O4. The number of aliphatic hydroxyl groups excluding tert-OH is 2. The van der Waals surface area contributed by atoms with Crippen molar-refractivity contribution in [2.75, 3.05) is 6.61 Å². The molecule has 1 heterocycles. The molecule has 1 aliphatic heterocycles. The van der Waals surface area contributed by atoms with E-state index < -0.39 is 11.9 Å². The fraction of sp³-hybridized carbons (Fsp3) is 0.833. The van der Waals surface area contributed by atoms with E-state index in [0.29, 0.717) is 6.42 Å². The van der Waals surface area contributed by atoms with E-state index in [2.05, 4.69) is 6.58 Å². The van der Waals surface area contributed by atoms with Crippen molar-refractivity contribution in [3.63, 3.8) is 0 Å². The molecule has 2 N–H and O–H groups in total. The summed E-state index contributed by atoms with van der Waals surface area (Å²) >= 11 is 0. The van der Waals surface area contributed by atoms with E-state index in [1.54, 1.807) is 6.08 Å². The van der Waals surface area contributed by atoms with Crippen LogP contribution >= 0.6 is 0 Å². The minimum absolute atomic E-state index is 0.0980. The minimum atomic E-state index is -0.694. The van der Waals surface area contributed by atoms with Crippen LogP contribution in [0.15, 0.2) is 12.7 Å². The highest BCUT2D eigenvalue weighted by atomic mass is 16.8. The lowest BCUT2D eigenvalue weighted by Crippen LogP contribution is -2.38. The van der Waals surface area contributed by atoms with Gasteiger partial charge in [-0.3, -0.25) is 0 Å². The Kier molecular flexibility index (Phi) is 4.50. The van der Waals surface area contributed by atoms with Gasteiger partial charge in [0.2, 0.25) is 0 Å². The summed E-state index contributed by atoms with van der Waals surface area (Å²) in [6.45, 7) is 9.01. The van der Waals surface area contributed by atoms with Gasteiger partial charge in [0, 0.05) is 5.92 Å². The molecule has 0 aromatic heterocycles. The maximum Gasteiger partial charge on any atom is 0.163 e. The molecule has 0 aliphatic carbocycles.